The van der Waals surface area contributed by atoms with Gasteiger partial charge in [0.2, 0.25) is 5.91 Å². The summed E-state index contributed by atoms with van der Waals surface area (Å²) < 4.78 is 11.4. The fraction of sp³-hybridized carbons (Fsp3) is 0.611. The molecule has 1 aromatic carbocycles. The van der Waals surface area contributed by atoms with Gasteiger partial charge in [-0.1, -0.05) is 18.2 Å². The highest BCUT2D eigenvalue weighted by Crippen LogP contribution is 2.30. The molecule has 1 heterocycles. The number of carbonyl (C=O) groups excluding carboxylic acids is 1. The van der Waals surface area contributed by atoms with E-state index in [4.69, 9.17) is 9.47 Å². The molecule has 1 saturated carbocycles. The summed E-state index contributed by atoms with van der Waals surface area (Å²) >= 11 is 0. The molecule has 4 nitrogen and oxygen atoms in total. The first-order valence-electron chi connectivity index (χ1n) is 8.40. The Hall–Kier alpha value is -1.55. The third-order valence-electron chi connectivity index (χ3n) is 4.34. The molecule has 1 aromatic rings. The van der Waals surface area contributed by atoms with E-state index in [0.717, 1.165) is 49.7 Å². The maximum absolute atomic E-state index is 12.0. The Bertz CT molecular complexity index is 493. The van der Waals surface area contributed by atoms with Gasteiger partial charge in [-0.2, -0.15) is 0 Å². The van der Waals surface area contributed by atoms with Crippen molar-refractivity contribution in [3.05, 3.63) is 29.8 Å². The van der Waals surface area contributed by atoms with E-state index in [9.17, 15) is 4.79 Å². The molecule has 3 rings (SSSR count). The van der Waals surface area contributed by atoms with Gasteiger partial charge in [-0.25, -0.2) is 0 Å². The molecule has 1 aliphatic heterocycles. The van der Waals surface area contributed by atoms with Gasteiger partial charge in [0.15, 0.2) is 0 Å². The molecule has 2 aliphatic rings. The van der Waals surface area contributed by atoms with Gasteiger partial charge in [0.1, 0.15) is 5.75 Å². The summed E-state index contributed by atoms with van der Waals surface area (Å²) in [6.45, 7) is 2.17. The van der Waals surface area contributed by atoms with Crippen LogP contribution in [0.1, 0.15) is 44.1 Å². The molecule has 0 bridgehead atoms. The molecule has 4 heteroatoms. The second-order valence-electron chi connectivity index (χ2n) is 6.31. The maximum atomic E-state index is 12.0. The third kappa shape index (κ3) is 4.73. The zero-order valence-corrected chi connectivity index (χ0v) is 13.1. The number of carbonyl (C=O) groups is 1. The van der Waals surface area contributed by atoms with E-state index in [-0.39, 0.29) is 12.0 Å². The van der Waals surface area contributed by atoms with E-state index in [1.165, 1.54) is 12.8 Å². The average Bonchev–Trinajstić information content (AvgIpc) is 3.23. The van der Waals surface area contributed by atoms with Crippen LogP contribution in [0, 0.1) is 5.92 Å². The summed E-state index contributed by atoms with van der Waals surface area (Å²) in [6, 6.07) is 7.96. The molecule has 22 heavy (non-hydrogen) atoms. The monoisotopic (exact) mass is 303 g/mol. The molecule has 0 unspecified atom stereocenters. The highest BCUT2D eigenvalue weighted by Gasteiger charge is 2.22. The van der Waals surface area contributed by atoms with E-state index < -0.39 is 0 Å². The van der Waals surface area contributed by atoms with Gasteiger partial charge < -0.3 is 14.8 Å². The maximum Gasteiger partial charge on any atom is 0.220 e. The molecular formula is C18H25NO3. The molecule has 1 N–H and O–H groups in total. The van der Waals surface area contributed by atoms with Crippen molar-refractivity contribution in [3.63, 3.8) is 0 Å². The number of benzene rings is 1. The van der Waals surface area contributed by atoms with E-state index in [1.54, 1.807) is 0 Å². The fourth-order valence-electron chi connectivity index (χ4n) is 2.73. The number of hydrogen-bond acceptors (Lipinski definition) is 3. The standard InChI is InChI=1S/C18H25NO3/c20-18(10-9-16-5-3-11-21-16)19-12-15-4-1-2-6-17(15)22-13-14-7-8-14/h1-2,4,6,14,16H,3,5,7-13H2,(H,19,20)/t16-/m1/s1. The minimum absolute atomic E-state index is 0.0903. The molecule has 1 atom stereocenters. The second-order valence-corrected chi connectivity index (χ2v) is 6.31. The predicted molar refractivity (Wildman–Crippen MR) is 84.7 cm³/mol. The zero-order valence-electron chi connectivity index (χ0n) is 13.1. The summed E-state index contributed by atoms with van der Waals surface area (Å²) in [7, 11) is 0. The number of para-hydroxylation sites is 1. The van der Waals surface area contributed by atoms with Crippen molar-refractivity contribution in [2.45, 2.75) is 51.2 Å². The van der Waals surface area contributed by atoms with Gasteiger partial charge >= 0.3 is 0 Å². The van der Waals surface area contributed by atoms with Crippen LogP contribution in [-0.4, -0.2) is 25.2 Å². The van der Waals surface area contributed by atoms with Gasteiger partial charge in [-0.3, -0.25) is 4.79 Å². The van der Waals surface area contributed by atoms with Crippen molar-refractivity contribution >= 4 is 5.91 Å². The number of ether oxygens (including phenoxy) is 2. The van der Waals surface area contributed by atoms with E-state index >= 15 is 0 Å². The first-order valence-corrected chi connectivity index (χ1v) is 8.40. The molecule has 0 radical (unpaired) electrons. The number of amides is 1. The summed E-state index contributed by atoms with van der Waals surface area (Å²) in [6.07, 6.45) is 6.41. The lowest BCUT2D eigenvalue weighted by molar-refractivity contribution is -0.121. The molecule has 0 aromatic heterocycles. The Balaban J connectivity index is 1.42. The van der Waals surface area contributed by atoms with Crippen LogP contribution in [0.15, 0.2) is 24.3 Å². The van der Waals surface area contributed by atoms with Crippen LogP contribution in [0.25, 0.3) is 0 Å². The highest BCUT2D eigenvalue weighted by atomic mass is 16.5. The normalized spacial score (nSPS) is 20.8. The van der Waals surface area contributed by atoms with Crippen LogP contribution in [0.3, 0.4) is 0 Å². The second kappa shape index (κ2) is 7.63. The van der Waals surface area contributed by atoms with Gasteiger partial charge in [0.25, 0.3) is 0 Å². The van der Waals surface area contributed by atoms with Crippen LogP contribution < -0.4 is 10.1 Å². The molecule has 120 valence electrons. The number of nitrogens with one attached hydrogen (secondary N) is 1. The summed E-state index contributed by atoms with van der Waals surface area (Å²) in [5.41, 5.74) is 1.05. The van der Waals surface area contributed by atoms with Crippen LogP contribution >= 0.6 is 0 Å². The molecule has 2 fully saturated rings. The van der Waals surface area contributed by atoms with Gasteiger partial charge in [-0.15, -0.1) is 0 Å². The van der Waals surface area contributed by atoms with E-state index in [0.29, 0.717) is 13.0 Å². The average molecular weight is 303 g/mol. The Morgan fingerprint density at radius 1 is 1.27 bits per heavy atom. The Morgan fingerprint density at radius 3 is 2.91 bits per heavy atom. The lowest BCUT2D eigenvalue weighted by Crippen LogP contribution is -2.24. The van der Waals surface area contributed by atoms with Crippen LogP contribution in [0.5, 0.6) is 5.75 Å². The van der Waals surface area contributed by atoms with Crippen molar-refractivity contribution in [1.29, 1.82) is 0 Å². The van der Waals surface area contributed by atoms with Crippen LogP contribution in [0.2, 0.25) is 0 Å². The largest absolute Gasteiger partial charge is 0.493 e. The smallest absolute Gasteiger partial charge is 0.220 e. The van der Waals surface area contributed by atoms with Crippen molar-refractivity contribution in [2.24, 2.45) is 5.92 Å². The van der Waals surface area contributed by atoms with Crippen molar-refractivity contribution in [3.8, 4) is 5.75 Å². The summed E-state index contributed by atoms with van der Waals surface area (Å²) in [4.78, 5) is 12.0. The minimum atomic E-state index is 0.0903. The summed E-state index contributed by atoms with van der Waals surface area (Å²) in [5, 5.41) is 2.99. The lowest BCUT2D eigenvalue weighted by Gasteiger charge is -2.13. The SMILES string of the molecule is O=C(CC[C@H]1CCCO1)NCc1ccccc1OCC1CC1. The first kappa shape index (κ1) is 15.3. The quantitative estimate of drug-likeness (QED) is 0.803. The predicted octanol–water partition coefficient (Wildman–Crippen LogP) is 3.05. The van der Waals surface area contributed by atoms with Crippen molar-refractivity contribution < 1.29 is 14.3 Å². The zero-order chi connectivity index (χ0) is 15.2. The first-order chi connectivity index (χ1) is 10.8. The Labute approximate surface area is 132 Å². The van der Waals surface area contributed by atoms with Gasteiger partial charge in [-0.05, 0) is 44.1 Å². The van der Waals surface area contributed by atoms with Gasteiger partial charge in [0.05, 0.1) is 12.7 Å². The van der Waals surface area contributed by atoms with Crippen molar-refractivity contribution in [1.82, 2.24) is 5.32 Å². The number of rotatable bonds is 8. The Morgan fingerprint density at radius 2 is 2.14 bits per heavy atom. The minimum Gasteiger partial charge on any atom is -0.493 e. The highest BCUT2D eigenvalue weighted by molar-refractivity contribution is 5.75. The lowest BCUT2D eigenvalue weighted by atomic mass is 10.1. The molecule has 1 saturated heterocycles. The topological polar surface area (TPSA) is 47.6 Å². The van der Waals surface area contributed by atoms with E-state index in [2.05, 4.69) is 5.32 Å². The van der Waals surface area contributed by atoms with Crippen molar-refractivity contribution in [2.75, 3.05) is 13.2 Å². The van der Waals surface area contributed by atoms with E-state index in [1.807, 2.05) is 24.3 Å². The van der Waals surface area contributed by atoms with Crippen LogP contribution in [0.4, 0.5) is 0 Å². The fourth-order valence-corrected chi connectivity index (χ4v) is 2.73. The van der Waals surface area contributed by atoms with Gasteiger partial charge in [0, 0.05) is 25.1 Å². The van der Waals surface area contributed by atoms with Crippen LogP contribution in [-0.2, 0) is 16.1 Å². The summed E-state index contributed by atoms with van der Waals surface area (Å²) in [5.74, 6) is 1.72. The molecule has 1 amide bonds. The third-order valence-corrected chi connectivity index (χ3v) is 4.34. The Kier molecular flexibility index (Phi) is 5.33. The molecular weight excluding hydrogens is 278 g/mol. The molecule has 1 aliphatic carbocycles. The molecule has 0 spiro atoms. The number of hydrogen-bond donors (Lipinski definition) is 1.